The van der Waals surface area contributed by atoms with Crippen molar-refractivity contribution in [2.24, 2.45) is 5.92 Å². The maximum atomic E-state index is 12.6. The number of anilines is 1. The molecule has 0 aliphatic heterocycles. The van der Waals surface area contributed by atoms with Gasteiger partial charge in [-0.25, -0.2) is 9.97 Å². The SMILES string of the molecule is Cc1cnc(N)c2nc(CC3CC3)n(CCCCS(=O)c3ccc(Cl)cc3Cl)c12. The maximum absolute atomic E-state index is 12.6. The number of hydrogen-bond donors (Lipinski definition) is 1. The molecule has 8 heteroatoms. The molecular formula is C21H24Cl2N4OS. The number of aryl methyl sites for hydroxylation is 2. The quantitative estimate of drug-likeness (QED) is 0.480. The van der Waals surface area contributed by atoms with Gasteiger partial charge >= 0.3 is 0 Å². The fraction of sp³-hybridized carbons (Fsp3) is 0.429. The summed E-state index contributed by atoms with van der Waals surface area (Å²) in [6, 6.07) is 5.11. The van der Waals surface area contributed by atoms with E-state index in [1.165, 1.54) is 12.8 Å². The monoisotopic (exact) mass is 450 g/mol. The van der Waals surface area contributed by atoms with E-state index < -0.39 is 10.8 Å². The Balaban J connectivity index is 1.46. The molecule has 2 aromatic heterocycles. The Bertz CT molecular complexity index is 1080. The van der Waals surface area contributed by atoms with E-state index in [2.05, 4.69) is 9.55 Å². The number of halogens is 2. The predicted molar refractivity (Wildman–Crippen MR) is 120 cm³/mol. The zero-order valence-corrected chi connectivity index (χ0v) is 18.7. The van der Waals surface area contributed by atoms with E-state index in [-0.39, 0.29) is 0 Å². The van der Waals surface area contributed by atoms with Crippen LogP contribution in [0.4, 0.5) is 5.82 Å². The van der Waals surface area contributed by atoms with Crippen molar-refractivity contribution in [1.29, 1.82) is 0 Å². The highest BCUT2D eigenvalue weighted by Crippen LogP contribution is 2.34. The van der Waals surface area contributed by atoms with Crippen LogP contribution in [0.1, 0.15) is 37.1 Å². The highest BCUT2D eigenvalue weighted by molar-refractivity contribution is 7.85. The van der Waals surface area contributed by atoms with E-state index in [1.54, 1.807) is 18.2 Å². The lowest BCUT2D eigenvalue weighted by Gasteiger charge is -2.11. The topological polar surface area (TPSA) is 73.8 Å². The molecule has 0 bridgehead atoms. The predicted octanol–water partition coefficient (Wildman–Crippen LogP) is 5.17. The summed E-state index contributed by atoms with van der Waals surface area (Å²) in [6.45, 7) is 2.87. The Morgan fingerprint density at radius 1 is 1.28 bits per heavy atom. The molecule has 154 valence electrons. The van der Waals surface area contributed by atoms with Crippen molar-refractivity contribution >= 4 is 50.9 Å². The first kappa shape index (κ1) is 20.6. The highest BCUT2D eigenvalue weighted by Gasteiger charge is 2.25. The summed E-state index contributed by atoms with van der Waals surface area (Å²) in [5.74, 6) is 2.88. The Morgan fingerprint density at radius 3 is 2.79 bits per heavy atom. The van der Waals surface area contributed by atoms with Gasteiger partial charge in [-0.1, -0.05) is 23.2 Å². The molecule has 0 spiro atoms. The number of hydrogen-bond acceptors (Lipinski definition) is 4. The van der Waals surface area contributed by atoms with Gasteiger partial charge in [0, 0.05) is 29.9 Å². The molecule has 4 rings (SSSR count). The molecule has 29 heavy (non-hydrogen) atoms. The number of nitrogens with two attached hydrogens (primary N) is 1. The molecule has 1 aromatic carbocycles. The molecule has 1 fully saturated rings. The largest absolute Gasteiger partial charge is 0.382 e. The molecule has 0 radical (unpaired) electrons. The van der Waals surface area contributed by atoms with Crippen molar-refractivity contribution in [3.05, 3.63) is 45.8 Å². The molecule has 2 heterocycles. The maximum Gasteiger partial charge on any atom is 0.151 e. The van der Waals surface area contributed by atoms with E-state index in [9.17, 15) is 4.21 Å². The molecule has 1 unspecified atom stereocenters. The summed E-state index contributed by atoms with van der Waals surface area (Å²) in [5.41, 5.74) is 9.05. The number of pyridine rings is 1. The van der Waals surface area contributed by atoms with Crippen molar-refractivity contribution in [2.75, 3.05) is 11.5 Å². The molecule has 1 aliphatic carbocycles. The lowest BCUT2D eigenvalue weighted by Crippen LogP contribution is -2.07. The average Bonchev–Trinajstić information content (AvgIpc) is 3.41. The van der Waals surface area contributed by atoms with Crippen molar-refractivity contribution in [3.8, 4) is 0 Å². The minimum absolute atomic E-state index is 0.460. The number of imidazole rings is 1. The molecule has 1 saturated carbocycles. The normalized spacial score (nSPS) is 15.1. The van der Waals surface area contributed by atoms with Crippen LogP contribution in [0.5, 0.6) is 0 Å². The van der Waals surface area contributed by atoms with Gasteiger partial charge in [0.05, 0.1) is 26.2 Å². The van der Waals surface area contributed by atoms with E-state index in [0.29, 0.717) is 26.5 Å². The number of nitrogen functional groups attached to an aromatic ring is 1. The Kier molecular flexibility index (Phi) is 6.13. The van der Waals surface area contributed by atoms with Crippen LogP contribution in [0, 0.1) is 12.8 Å². The van der Waals surface area contributed by atoms with Crippen molar-refractivity contribution in [2.45, 2.75) is 50.5 Å². The van der Waals surface area contributed by atoms with E-state index in [1.807, 2.05) is 13.1 Å². The second kappa shape index (κ2) is 8.62. The smallest absolute Gasteiger partial charge is 0.151 e. The van der Waals surface area contributed by atoms with E-state index in [0.717, 1.165) is 54.1 Å². The Morgan fingerprint density at radius 2 is 2.07 bits per heavy atom. The standard InChI is InChI=1S/C21H24Cl2N4OS/c1-13-12-25-21(24)19-20(13)27(18(26-19)10-14-4-5-14)8-2-3-9-29(28)17-7-6-15(22)11-16(17)23/h6-7,11-12,14H,2-5,8-10H2,1H3,(H2,24,25). The summed E-state index contributed by atoms with van der Waals surface area (Å²) in [5, 5.41) is 1.01. The van der Waals surface area contributed by atoms with Crippen LogP contribution < -0.4 is 5.73 Å². The zero-order valence-electron chi connectivity index (χ0n) is 16.3. The van der Waals surface area contributed by atoms with Crippen LogP contribution >= 0.6 is 23.2 Å². The molecule has 3 aromatic rings. The van der Waals surface area contributed by atoms with Gasteiger partial charge in [-0.05, 0) is 62.3 Å². The lowest BCUT2D eigenvalue weighted by molar-refractivity contribution is 0.600. The second-order valence-corrected chi connectivity index (χ2v) is 10.1. The van der Waals surface area contributed by atoms with Gasteiger partial charge < -0.3 is 10.3 Å². The number of unbranched alkanes of at least 4 members (excludes halogenated alkanes) is 1. The molecule has 5 nitrogen and oxygen atoms in total. The minimum atomic E-state index is -1.14. The fourth-order valence-electron chi connectivity index (χ4n) is 3.62. The fourth-order valence-corrected chi connectivity index (χ4v) is 5.46. The molecule has 2 N–H and O–H groups in total. The van der Waals surface area contributed by atoms with Crippen molar-refractivity contribution < 1.29 is 4.21 Å². The van der Waals surface area contributed by atoms with Crippen LogP contribution in [0.25, 0.3) is 11.0 Å². The number of fused-ring (bicyclic) bond motifs is 1. The first-order valence-corrected chi connectivity index (χ1v) is 11.9. The van der Waals surface area contributed by atoms with Gasteiger partial charge in [0.25, 0.3) is 0 Å². The summed E-state index contributed by atoms with van der Waals surface area (Å²) in [4.78, 5) is 9.73. The molecule has 1 atom stereocenters. The van der Waals surface area contributed by atoms with Crippen molar-refractivity contribution in [3.63, 3.8) is 0 Å². The van der Waals surface area contributed by atoms with Gasteiger partial charge in [0.15, 0.2) is 5.82 Å². The second-order valence-electron chi connectivity index (χ2n) is 7.68. The van der Waals surface area contributed by atoms with Crippen LogP contribution in [-0.2, 0) is 23.8 Å². The van der Waals surface area contributed by atoms with Crippen LogP contribution in [0.15, 0.2) is 29.3 Å². The van der Waals surface area contributed by atoms with Crippen LogP contribution in [0.3, 0.4) is 0 Å². The summed E-state index contributed by atoms with van der Waals surface area (Å²) in [7, 11) is -1.14. The molecule has 1 aliphatic rings. The van der Waals surface area contributed by atoms with E-state index in [4.69, 9.17) is 33.9 Å². The number of benzene rings is 1. The van der Waals surface area contributed by atoms with E-state index >= 15 is 0 Å². The summed E-state index contributed by atoms with van der Waals surface area (Å²) >= 11 is 12.1. The van der Waals surface area contributed by atoms with Crippen molar-refractivity contribution in [1.82, 2.24) is 14.5 Å². The lowest BCUT2D eigenvalue weighted by atomic mass is 10.2. The van der Waals surface area contributed by atoms with Crippen LogP contribution in [0.2, 0.25) is 10.0 Å². The molecular weight excluding hydrogens is 427 g/mol. The first-order valence-electron chi connectivity index (χ1n) is 9.87. The highest BCUT2D eigenvalue weighted by atomic mass is 35.5. The van der Waals surface area contributed by atoms with Gasteiger partial charge in [0.2, 0.25) is 0 Å². The summed E-state index contributed by atoms with van der Waals surface area (Å²) < 4.78 is 14.9. The third-order valence-corrected chi connectivity index (χ3v) is 7.49. The zero-order chi connectivity index (χ0) is 20.5. The first-order chi connectivity index (χ1) is 13.9. The molecule has 0 amide bonds. The third-order valence-electron chi connectivity index (χ3n) is 5.33. The number of nitrogens with zero attached hydrogens (tertiary/aromatic N) is 3. The summed E-state index contributed by atoms with van der Waals surface area (Å²) in [6.07, 6.45) is 7.08. The number of rotatable bonds is 8. The Hall–Kier alpha value is -1.63. The minimum Gasteiger partial charge on any atom is -0.382 e. The van der Waals surface area contributed by atoms with Gasteiger partial charge in [-0.15, -0.1) is 0 Å². The van der Waals surface area contributed by atoms with Gasteiger partial charge in [-0.2, -0.15) is 0 Å². The third kappa shape index (κ3) is 4.60. The van der Waals surface area contributed by atoms with Crippen LogP contribution in [-0.4, -0.2) is 24.5 Å². The number of aromatic nitrogens is 3. The average molecular weight is 451 g/mol. The molecule has 0 saturated heterocycles. The van der Waals surface area contributed by atoms with Gasteiger partial charge in [-0.3, -0.25) is 4.21 Å². The Labute approximate surface area is 183 Å². The van der Waals surface area contributed by atoms with Gasteiger partial charge in [0.1, 0.15) is 11.3 Å².